The zero-order chi connectivity index (χ0) is 15.9. The molecule has 22 heavy (non-hydrogen) atoms. The van der Waals surface area contributed by atoms with Crippen LogP contribution in [0.3, 0.4) is 0 Å². The molecule has 0 bridgehead atoms. The molecular formula is C14H11ClF3N2OP. The highest BCUT2D eigenvalue weighted by Crippen LogP contribution is 2.42. The number of hydrogen-bond donors (Lipinski definition) is 1. The minimum Gasteiger partial charge on any atom is -0.487 e. The van der Waals surface area contributed by atoms with Crippen LogP contribution >= 0.6 is 20.8 Å². The summed E-state index contributed by atoms with van der Waals surface area (Å²) in [7, 11) is 2.47. The summed E-state index contributed by atoms with van der Waals surface area (Å²) in [4.78, 5) is 3.77. The van der Waals surface area contributed by atoms with Gasteiger partial charge in [0.25, 0.3) is 0 Å². The van der Waals surface area contributed by atoms with E-state index in [1.165, 1.54) is 0 Å². The highest BCUT2D eigenvalue weighted by Gasteiger charge is 2.39. The van der Waals surface area contributed by atoms with E-state index in [1.807, 2.05) is 0 Å². The molecule has 1 N–H and O–H groups in total. The Bertz CT molecular complexity index is 737. The predicted octanol–water partition coefficient (Wildman–Crippen LogP) is 3.73. The van der Waals surface area contributed by atoms with Crippen LogP contribution in [0, 0.1) is 0 Å². The van der Waals surface area contributed by atoms with Gasteiger partial charge in [-0.2, -0.15) is 13.2 Å². The Kier molecular flexibility index (Phi) is 3.91. The molecular weight excluding hydrogens is 336 g/mol. The summed E-state index contributed by atoms with van der Waals surface area (Å²) in [6, 6.07) is 6.50. The Morgan fingerprint density at radius 2 is 2.05 bits per heavy atom. The summed E-state index contributed by atoms with van der Waals surface area (Å²) in [5, 5.41) is 4.05. The number of benzene rings is 1. The van der Waals surface area contributed by atoms with Gasteiger partial charge in [-0.25, -0.2) is 4.98 Å². The monoisotopic (exact) mass is 346 g/mol. The number of pyridine rings is 1. The van der Waals surface area contributed by atoms with Crippen molar-refractivity contribution in [2.24, 2.45) is 0 Å². The van der Waals surface area contributed by atoms with Gasteiger partial charge in [0.05, 0.1) is 11.4 Å². The highest BCUT2D eigenvalue weighted by atomic mass is 35.5. The molecule has 2 heterocycles. The van der Waals surface area contributed by atoms with E-state index in [9.17, 15) is 13.2 Å². The summed E-state index contributed by atoms with van der Waals surface area (Å²) in [5.74, 6) is -0.255. The Labute approximate surface area is 132 Å². The maximum Gasteiger partial charge on any atom is 0.437 e. The second-order valence-corrected chi connectivity index (χ2v) is 5.80. The first kappa shape index (κ1) is 15.4. The normalized spacial score (nSPS) is 14.0. The topological polar surface area (TPSA) is 34.1 Å². The van der Waals surface area contributed by atoms with Gasteiger partial charge in [-0.05, 0) is 23.5 Å². The largest absolute Gasteiger partial charge is 0.487 e. The molecule has 3 rings (SSSR count). The number of alkyl halides is 3. The third-order valence-corrected chi connectivity index (χ3v) is 3.94. The molecule has 8 heteroatoms. The molecule has 3 nitrogen and oxygen atoms in total. The lowest BCUT2D eigenvalue weighted by molar-refractivity contribution is -0.142. The Morgan fingerprint density at radius 3 is 2.77 bits per heavy atom. The lowest BCUT2D eigenvalue weighted by atomic mass is 10.1. The standard InChI is InChI=1S/C14H11ClF3N2OP/c15-7-1-2-11(22)8(5-7)9-6-10-12(21-4-3-19-10)13(20-9)14(16,17)18/h1-2,5-6,19H,3-4,22H2. The van der Waals surface area contributed by atoms with Gasteiger partial charge in [-0.15, -0.1) is 9.24 Å². The quantitative estimate of drug-likeness (QED) is 0.799. The molecule has 0 radical (unpaired) electrons. The Hall–Kier alpha value is -1.52. The van der Waals surface area contributed by atoms with Crippen molar-refractivity contribution >= 4 is 31.8 Å². The molecule has 1 aromatic carbocycles. The van der Waals surface area contributed by atoms with E-state index < -0.39 is 11.9 Å². The van der Waals surface area contributed by atoms with Crippen LogP contribution in [0.1, 0.15) is 5.69 Å². The van der Waals surface area contributed by atoms with E-state index in [2.05, 4.69) is 19.5 Å². The molecule has 0 saturated heterocycles. The lowest BCUT2D eigenvalue weighted by Crippen LogP contribution is -2.22. The van der Waals surface area contributed by atoms with E-state index in [0.717, 1.165) is 0 Å². The molecule has 0 amide bonds. The highest BCUT2D eigenvalue weighted by molar-refractivity contribution is 7.28. The van der Waals surface area contributed by atoms with Crippen LogP contribution in [0.25, 0.3) is 11.3 Å². The molecule has 1 unspecified atom stereocenters. The summed E-state index contributed by atoms with van der Waals surface area (Å²) < 4.78 is 44.9. The SMILES string of the molecule is FC(F)(F)c1nc(-c2cc(Cl)ccc2P)cc2c1OCCN2. The van der Waals surface area contributed by atoms with Gasteiger partial charge >= 0.3 is 6.18 Å². The number of rotatable bonds is 1. The van der Waals surface area contributed by atoms with E-state index in [1.54, 1.807) is 24.3 Å². The van der Waals surface area contributed by atoms with Crippen LogP contribution in [0.5, 0.6) is 5.75 Å². The predicted molar refractivity (Wildman–Crippen MR) is 83.0 cm³/mol. The van der Waals surface area contributed by atoms with Crippen molar-refractivity contribution in [3.05, 3.63) is 35.0 Å². The van der Waals surface area contributed by atoms with Crippen LogP contribution in [-0.4, -0.2) is 18.1 Å². The summed E-state index contributed by atoms with van der Waals surface area (Å²) >= 11 is 5.94. The smallest absolute Gasteiger partial charge is 0.437 e. The minimum atomic E-state index is -4.60. The number of hydrogen-bond acceptors (Lipinski definition) is 3. The van der Waals surface area contributed by atoms with Crippen LogP contribution in [-0.2, 0) is 6.18 Å². The molecule has 0 spiro atoms. The molecule has 1 atom stereocenters. The first-order valence-electron chi connectivity index (χ1n) is 6.40. The molecule has 116 valence electrons. The fourth-order valence-electron chi connectivity index (χ4n) is 2.23. The number of ether oxygens (including phenoxy) is 1. The van der Waals surface area contributed by atoms with Crippen molar-refractivity contribution < 1.29 is 17.9 Å². The molecule has 0 aliphatic carbocycles. The summed E-state index contributed by atoms with van der Waals surface area (Å²) in [6.07, 6.45) is -4.60. The molecule has 2 aromatic rings. The van der Waals surface area contributed by atoms with Crippen molar-refractivity contribution in [1.82, 2.24) is 4.98 Å². The third kappa shape index (κ3) is 2.85. The minimum absolute atomic E-state index is 0.170. The fourth-order valence-corrected chi connectivity index (χ4v) is 2.73. The van der Waals surface area contributed by atoms with Gasteiger partial charge < -0.3 is 10.1 Å². The fraction of sp³-hybridized carbons (Fsp3) is 0.214. The van der Waals surface area contributed by atoms with Crippen molar-refractivity contribution in [2.45, 2.75) is 6.18 Å². The van der Waals surface area contributed by atoms with Gasteiger partial charge in [0.15, 0.2) is 11.4 Å². The maximum absolute atomic E-state index is 13.2. The van der Waals surface area contributed by atoms with Gasteiger partial charge in [0.2, 0.25) is 0 Å². The molecule has 1 aliphatic rings. The number of aromatic nitrogens is 1. The second-order valence-electron chi connectivity index (χ2n) is 4.74. The van der Waals surface area contributed by atoms with Crippen LogP contribution in [0.2, 0.25) is 5.02 Å². The van der Waals surface area contributed by atoms with Crippen molar-refractivity contribution in [2.75, 3.05) is 18.5 Å². The van der Waals surface area contributed by atoms with Gasteiger partial charge in [0.1, 0.15) is 6.61 Å². The summed E-state index contributed by atoms with van der Waals surface area (Å²) in [6.45, 7) is 0.611. The first-order chi connectivity index (χ1) is 10.4. The zero-order valence-corrected chi connectivity index (χ0v) is 13.1. The number of anilines is 1. The lowest BCUT2D eigenvalue weighted by Gasteiger charge is -2.23. The van der Waals surface area contributed by atoms with Crippen LogP contribution in [0.15, 0.2) is 24.3 Å². The van der Waals surface area contributed by atoms with Crippen molar-refractivity contribution in [3.63, 3.8) is 0 Å². The van der Waals surface area contributed by atoms with Crippen LogP contribution in [0.4, 0.5) is 18.9 Å². The molecule has 1 aliphatic heterocycles. The van der Waals surface area contributed by atoms with E-state index in [0.29, 0.717) is 22.4 Å². The van der Waals surface area contributed by atoms with Crippen molar-refractivity contribution in [1.29, 1.82) is 0 Å². The van der Waals surface area contributed by atoms with Crippen LogP contribution < -0.4 is 15.4 Å². The van der Waals surface area contributed by atoms with Gasteiger partial charge in [0, 0.05) is 17.1 Å². The average molecular weight is 347 g/mol. The van der Waals surface area contributed by atoms with Gasteiger partial charge in [-0.3, -0.25) is 0 Å². The second kappa shape index (κ2) is 5.60. The Balaban J connectivity index is 2.23. The van der Waals surface area contributed by atoms with E-state index in [4.69, 9.17) is 16.3 Å². The molecule has 0 fully saturated rings. The first-order valence-corrected chi connectivity index (χ1v) is 7.36. The van der Waals surface area contributed by atoms with Crippen molar-refractivity contribution in [3.8, 4) is 17.0 Å². The number of halogens is 4. The molecule has 0 saturated carbocycles. The number of nitrogens with one attached hydrogen (secondary N) is 1. The number of nitrogens with zero attached hydrogens (tertiary/aromatic N) is 1. The average Bonchev–Trinajstić information content (AvgIpc) is 2.47. The van der Waals surface area contributed by atoms with E-state index >= 15 is 0 Å². The summed E-state index contributed by atoms with van der Waals surface area (Å²) in [5.41, 5.74) is -0.0284. The third-order valence-electron chi connectivity index (χ3n) is 3.20. The Morgan fingerprint density at radius 1 is 1.27 bits per heavy atom. The van der Waals surface area contributed by atoms with Gasteiger partial charge in [-0.1, -0.05) is 17.7 Å². The van der Waals surface area contributed by atoms with E-state index in [-0.39, 0.29) is 23.7 Å². The number of fused-ring (bicyclic) bond motifs is 1. The zero-order valence-electron chi connectivity index (χ0n) is 11.2. The molecule has 1 aromatic heterocycles. The maximum atomic E-state index is 13.2.